The van der Waals surface area contributed by atoms with Gasteiger partial charge in [-0.3, -0.25) is 0 Å². The number of nitrogens with two attached hydrogens (primary N) is 1. The lowest BCUT2D eigenvalue weighted by Gasteiger charge is -2.20. The highest BCUT2D eigenvalue weighted by Crippen LogP contribution is 2.40. The highest BCUT2D eigenvalue weighted by atomic mass is 16.3. The number of fused-ring (bicyclic) bond motifs is 1. The van der Waals surface area contributed by atoms with Crippen LogP contribution in [0.4, 0.5) is 0 Å². The number of benzene rings is 1. The molecule has 0 spiro atoms. The molecule has 3 rings (SSSR count). The molecular formula is C14H19NO. The summed E-state index contributed by atoms with van der Waals surface area (Å²) in [5.41, 5.74) is 9.69. The lowest BCUT2D eigenvalue weighted by molar-refractivity contribution is 0.450. The number of aromatic hydroxyl groups is 1. The van der Waals surface area contributed by atoms with Gasteiger partial charge in [0.1, 0.15) is 5.75 Å². The van der Waals surface area contributed by atoms with E-state index in [0.717, 1.165) is 37.7 Å². The molecule has 16 heavy (non-hydrogen) atoms. The van der Waals surface area contributed by atoms with Gasteiger partial charge in [-0.25, -0.2) is 0 Å². The molecule has 2 aliphatic carbocycles. The smallest absolute Gasteiger partial charge is 0.122 e. The molecule has 1 aromatic rings. The highest BCUT2D eigenvalue weighted by Gasteiger charge is 2.38. The first kappa shape index (κ1) is 10.2. The molecular weight excluding hydrogens is 198 g/mol. The average molecular weight is 217 g/mol. The van der Waals surface area contributed by atoms with Crippen molar-refractivity contribution in [3.63, 3.8) is 0 Å². The summed E-state index contributed by atoms with van der Waals surface area (Å²) in [6.45, 7) is 0. The fraction of sp³-hybridized carbons (Fsp3) is 0.571. The molecule has 0 aliphatic heterocycles. The molecule has 0 aromatic heterocycles. The number of phenolic OH excluding ortho intramolecular Hbond substituents is 1. The Kier molecular flexibility index (Phi) is 2.21. The largest absolute Gasteiger partial charge is 0.507 e. The van der Waals surface area contributed by atoms with Gasteiger partial charge in [-0.05, 0) is 61.6 Å². The van der Waals surface area contributed by atoms with Crippen LogP contribution >= 0.6 is 0 Å². The summed E-state index contributed by atoms with van der Waals surface area (Å²) in [5, 5.41) is 10.3. The Morgan fingerprint density at radius 2 is 1.94 bits per heavy atom. The van der Waals surface area contributed by atoms with E-state index in [1.165, 1.54) is 24.0 Å². The van der Waals surface area contributed by atoms with E-state index in [0.29, 0.717) is 5.75 Å². The molecule has 1 aromatic carbocycles. The molecule has 86 valence electrons. The number of phenols is 1. The molecule has 0 atom stereocenters. The van der Waals surface area contributed by atoms with Crippen molar-refractivity contribution in [1.29, 1.82) is 0 Å². The van der Waals surface area contributed by atoms with Gasteiger partial charge >= 0.3 is 0 Å². The van der Waals surface area contributed by atoms with Crippen molar-refractivity contribution in [3.05, 3.63) is 28.8 Å². The third-order valence-electron chi connectivity index (χ3n) is 4.02. The van der Waals surface area contributed by atoms with Crippen molar-refractivity contribution >= 4 is 0 Å². The van der Waals surface area contributed by atoms with Crippen molar-refractivity contribution in [2.45, 2.75) is 50.5 Å². The summed E-state index contributed by atoms with van der Waals surface area (Å²) in [4.78, 5) is 0. The first-order valence-corrected chi connectivity index (χ1v) is 6.29. The summed E-state index contributed by atoms with van der Waals surface area (Å²) >= 11 is 0. The van der Waals surface area contributed by atoms with Crippen molar-refractivity contribution < 1.29 is 5.11 Å². The molecule has 0 heterocycles. The third-order valence-corrected chi connectivity index (χ3v) is 4.02. The second-order valence-corrected chi connectivity index (χ2v) is 5.46. The number of rotatable bonds is 2. The Labute approximate surface area is 96.5 Å². The lowest BCUT2D eigenvalue weighted by Crippen LogP contribution is -2.24. The van der Waals surface area contributed by atoms with Gasteiger partial charge in [0, 0.05) is 5.54 Å². The predicted octanol–water partition coefficient (Wildman–Crippen LogP) is 2.30. The molecule has 0 radical (unpaired) electrons. The Bertz CT molecular complexity index is 421. The molecule has 2 heteroatoms. The van der Waals surface area contributed by atoms with Crippen LogP contribution < -0.4 is 5.73 Å². The third kappa shape index (κ3) is 1.71. The van der Waals surface area contributed by atoms with E-state index < -0.39 is 0 Å². The fourth-order valence-electron chi connectivity index (χ4n) is 2.72. The Morgan fingerprint density at radius 1 is 1.19 bits per heavy atom. The zero-order valence-corrected chi connectivity index (χ0v) is 9.63. The topological polar surface area (TPSA) is 46.2 Å². The maximum atomic E-state index is 10.3. The predicted molar refractivity (Wildman–Crippen MR) is 64.6 cm³/mol. The molecule has 0 amide bonds. The second-order valence-electron chi connectivity index (χ2n) is 5.46. The van der Waals surface area contributed by atoms with Gasteiger partial charge in [-0.1, -0.05) is 12.1 Å². The second kappa shape index (κ2) is 3.49. The van der Waals surface area contributed by atoms with Crippen LogP contribution in [0.15, 0.2) is 12.1 Å². The van der Waals surface area contributed by atoms with E-state index in [1.54, 1.807) is 0 Å². The van der Waals surface area contributed by atoms with Gasteiger partial charge in [0.05, 0.1) is 0 Å². The molecule has 2 nitrogen and oxygen atoms in total. The van der Waals surface area contributed by atoms with Gasteiger partial charge in [0.15, 0.2) is 0 Å². The molecule has 0 bridgehead atoms. The van der Waals surface area contributed by atoms with Crippen LogP contribution in [0.2, 0.25) is 0 Å². The number of aryl methyl sites for hydroxylation is 1. The first-order valence-electron chi connectivity index (χ1n) is 6.29. The minimum Gasteiger partial charge on any atom is -0.507 e. The van der Waals surface area contributed by atoms with Gasteiger partial charge in [-0.15, -0.1) is 0 Å². The Morgan fingerprint density at radius 3 is 2.69 bits per heavy atom. The SMILES string of the molecule is NC1(Cc2ccc3c(c2O)CCCC3)CC1. The fourth-order valence-corrected chi connectivity index (χ4v) is 2.72. The monoisotopic (exact) mass is 217 g/mol. The van der Waals surface area contributed by atoms with Crippen LogP contribution in [0.25, 0.3) is 0 Å². The summed E-state index contributed by atoms with van der Waals surface area (Å²) in [7, 11) is 0. The summed E-state index contributed by atoms with van der Waals surface area (Å²) in [6.07, 6.45) is 7.66. The van der Waals surface area contributed by atoms with Crippen molar-refractivity contribution in [2.24, 2.45) is 5.73 Å². The van der Waals surface area contributed by atoms with Crippen molar-refractivity contribution in [2.75, 3.05) is 0 Å². The average Bonchev–Trinajstić information content (AvgIpc) is 3.01. The van der Waals surface area contributed by atoms with Crippen molar-refractivity contribution in [1.82, 2.24) is 0 Å². The van der Waals surface area contributed by atoms with Crippen LogP contribution in [0, 0.1) is 0 Å². The van der Waals surface area contributed by atoms with E-state index in [-0.39, 0.29) is 5.54 Å². The van der Waals surface area contributed by atoms with Gasteiger partial charge in [0.25, 0.3) is 0 Å². The zero-order chi connectivity index (χ0) is 11.2. The molecule has 3 N–H and O–H groups in total. The van der Waals surface area contributed by atoms with Crippen LogP contribution in [-0.2, 0) is 19.3 Å². The quantitative estimate of drug-likeness (QED) is 0.798. The molecule has 1 saturated carbocycles. The summed E-state index contributed by atoms with van der Waals surface area (Å²) < 4.78 is 0. The maximum absolute atomic E-state index is 10.3. The van der Waals surface area contributed by atoms with E-state index >= 15 is 0 Å². The normalized spacial score (nSPS) is 21.6. The molecule has 1 fully saturated rings. The van der Waals surface area contributed by atoms with E-state index in [4.69, 9.17) is 5.73 Å². The molecule has 0 unspecified atom stereocenters. The standard InChI is InChI=1S/C14H19NO/c15-14(7-8-14)9-11-6-5-10-3-1-2-4-12(10)13(11)16/h5-6,16H,1-4,7-9,15H2. The Hall–Kier alpha value is -1.02. The van der Waals surface area contributed by atoms with Gasteiger partial charge in [-0.2, -0.15) is 0 Å². The maximum Gasteiger partial charge on any atom is 0.122 e. The van der Waals surface area contributed by atoms with E-state index in [2.05, 4.69) is 12.1 Å². The van der Waals surface area contributed by atoms with E-state index in [1.807, 2.05) is 0 Å². The summed E-state index contributed by atoms with van der Waals surface area (Å²) in [6, 6.07) is 4.27. The summed E-state index contributed by atoms with van der Waals surface area (Å²) in [5.74, 6) is 0.536. The van der Waals surface area contributed by atoms with Crippen LogP contribution in [0.5, 0.6) is 5.75 Å². The van der Waals surface area contributed by atoms with Crippen LogP contribution in [0.3, 0.4) is 0 Å². The van der Waals surface area contributed by atoms with Gasteiger partial charge in [0.2, 0.25) is 0 Å². The van der Waals surface area contributed by atoms with Crippen LogP contribution in [0.1, 0.15) is 42.4 Å². The van der Waals surface area contributed by atoms with E-state index in [9.17, 15) is 5.11 Å². The van der Waals surface area contributed by atoms with Crippen molar-refractivity contribution in [3.8, 4) is 5.75 Å². The number of hydrogen-bond donors (Lipinski definition) is 2. The Balaban J connectivity index is 1.94. The number of hydrogen-bond acceptors (Lipinski definition) is 2. The van der Waals surface area contributed by atoms with Gasteiger partial charge < -0.3 is 10.8 Å². The molecule has 2 aliphatic rings. The lowest BCUT2D eigenvalue weighted by atomic mass is 9.88. The minimum atomic E-state index is -0.0135. The first-order chi connectivity index (χ1) is 7.68. The highest BCUT2D eigenvalue weighted by molar-refractivity contribution is 5.47. The zero-order valence-electron chi connectivity index (χ0n) is 9.63. The van der Waals surface area contributed by atoms with Crippen LogP contribution in [-0.4, -0.2) is 10.6 Å². The molecule has 0 saturated heterocycles. The minimum absolute atomic E-state index is 0.0135.